The summed E-state index contributed by atoms with van der Waals surface area (Å²) < 4.78 is 0. The second-order valence-corrected chi connectivity index (χ2v) is 7.97. The first-order valence-electron chi connectivity index (χ1n) is 9.36. The molecular weight excluding hydrogens is 358 g/mol. The number of aliphatic imine (C=N–C) groups is 1. The van der Waals surface area contributed by atoms with Crippen molar-refractivity contribution in [2.75, 3.05) is 20.1 Å². The van der Waals surface area contributed by atoms with Gasteiger partial charge in [-0.15, -0.1) is 11.3 Å². The molecule has 0 radical (unpaired) electrons. The number of carbonyl (C=O) groups excluding carboxylic acids is 1. The molecule has 0 spiro atoms. The molecule has 1 amide bonds. The van der Waals surface area contributed by atoms with Crippen LogP contribution in [0.2, 0.25) is 0 Å². The number of carbonyl (C=O) groups is 1. The molecule has 1 aromatic carbocycles. The van der Waals surface area contributed by atoms with Gasteiger partial charge in [-0.05, 0) is 30.9 Å². The molecule has 0 aliphatic carbocycles. The predicted octanol–water partition coefficient (Wildman–Crippen LogP) is 2.48. The van der Waals surface area contributed by atoms with Crippen molar-refractivity contribution in [2.45, 2.75) is 39.3 Å². The quantitative estimate of drug-likeness (QED) is 0.455. The third kappa shape index (κ3) is 5.53. The number of nitrogens with one attached hydrogen (secondary N) is 2. The van der Waals surface area contributed by atoms with Gasteiger partial charge < -0.3 is 15.5 Å². The predicted molar refractivity (Wildman–Crippen MR) is 110 cm³/mol. The fourth-order valence-electron chi connectivity index (χ4n) is 3.18. The second kappa shape index (κ2) is 9.50. The van der Waals surface area contributed by atoms with Crippen LogP contribution in [0.4, 0.5) is 0 Å². The zero-order valence-electron chi connectivity index (χ0n) is 16.0. The number of aromatic nitrogens is 1. The molecule has 1 aliphatic heterocycles. The zero-order valence-corrected chi connectivity index (χ0v) is 16.8. The van der Waals surface area contributed by atoms with Crippen molar-refractivity contribution in [3.63, 3.8) is 0 Å². The molecule has 2 aromatic rings. The third-order valence-electron chi connectivity index (χ3n) is 4.64. The van der Waals surface area contributed by atoms with Crippen molar-refractivity contribution in [1.82, 2.24) is 20.5 Å². The maximum atomic E-state index is 12.5. The van der Waals surface area contributed by atoms with Crippen LogP contribution in [0.1, 0.15) is 33.9 Å². The van der Waals surface area contributed by atoms with Gasteiger partial charge in [-0.1, -0.05) is 24.3 Å². The summed E-state index contributed by atoms with van der Waals surface area (Å²) in [5, 5.41) is 7.56. The van der Waals surface area contributed by atoms with Crippen molar-refractivity contribution < 1.29 is 4.79 Å². The highest BCUT2D eigenvalue weighted by Gasteiger charge is 2.19. The topological polar surface area (TPSA) is 69.6 Å². The van der Waals surface area contributed by atoms with Crippen LogP contribution in [-0.4, -0.2) is 41.9 Å². The molecule has 144 valence electrons. The van der Waals surface area contributed by atoms with E-state index in [1.807, 2.05) is 24.1 Å². The summed E-state index contributed by atoms with van der Waals surface area (Å²) in [5.74, 6) is 0.967. The van der Waals surface area contributed by atoms with Gasteiger partial charge in [-0.2, -0.15) is 0 Å². The fraction of sp³-hybridized carbons (Fsp3) is 0.450. The lowest BCUT2D eigenvalue weighted by molar-refractivity contribution is -0.132. The van der Waals surface area contributed by atoms with Crippen LogP contribution in [0.3, 0.4) is 0 Å². The van der Waals surface area contributed by atoms with Crippen LogP contribution in [0.15, 0.2) is 35.5 Å². The number of fused-ring (bicyclic) bond motifs is 1. The van der Waals surface area contributed by atoms with E-state index >= 15 is 0 Å². The van der Waals surface area contributed by atoms with E-state index in [-0.39, 0.29) is 5.91 Å². The van der Waals surface area contributed by atoms with E-state index in [9.17, 15) is 4.79 Å². The van der Waals surface area contributed by atoms with E-state index in [0.29, 0.717) is 19.5 Å². The summed E-state index contributed by atoms with van der Waals surface area (Å²) in [7, 11) is 1.75. The average Bonchev–Trinajstić information content (AvgIpc) is 3.12. The van der Waals surface area contributed by atoms with E-state index < -0.39 is 0 Å². The number of aryl methyl sites for hydroxylation is 1. The molecule has 1 aromatic heterocycles. The maximum absolute atomic E-state index is 12.5. The fourth-order valence-corrected chi connectivity index (χ4v) is 3.90. The summed E-state index contributed by atoms with van der Waals surface area (Å²) in [4.78, 5) is 24.2. The second-order valence-electron chi connectivity index (χ2n) is 6.65. The van der Waals surface area contributed by atoms with Crippen LogP contribution >= 0.6 is 11.3 Å². The minimum absolute atomic E-state index is 0.229. The van der Waals surface area contributed by atoms with E-state index in [0.717, 1.165) is 36.9 Å². The molecule has 27 heavy (non-hydrogen) atoms. The van der Waals surface area contributed by atoms with Gasteiger partial charge in [0.15, 0.2) is 5.96 Å². The summed E-state index contributed by atoms with van der Waals surface area (Å²) in [6.45, 7) is 4.97. The Bertz CT molecular complexity index is 801. The molecule has 2 N–H and O–H groups in total. The number of hydrogen-bond donors (Lipinski definition) is 2. The highest BCUT2D eigenvalue weighted by molar-refractivity contribution is 7.11. The van der Waals surface area contributed by atoms with Gasteiger partial charge in [-0.3, -0.25) is 9.79 Å². The first-order valence-corrected chi connectivity index (χ1v) is 10.2. The Balaban J connectivity index is 1.36. The normalized spacial score (nSPS) is 14.0. The number of guanidine groups is 1. The number of hydrogen-bond acceptors (Lipinski definition) is 4. The molecule has 3 rings (SSSR count). The van der Waals surface area contributed by atoms with Gasteiger partial charge in [0, 0.05) is 44.2 Å². The summed E-state index contributed by atoms with van der Waals surface area (Å²) in [6.07, 6.45) is 4.17. The van der Waals surface area contributed by atoms with Crippen LogP contribution in [-0.2, 0) is 24.3 Å². The standard InChI is InChI=1S/C20H27N5OS/c1-15-12-23-18(27-15)13-24-20(21-2)22-10-5-8-19(26)25-11-9-16-6-3-4-7-17(16)14-25/h3-4,6-7,12H,5,8-11,13-14H2,1-2H3,(H2,21,22,24). The molecule has 0 fully saturated rings. The molecule has 1 aliphatic rings. The van der Waals surface area contributed by atoms with E-state index in [1.165, 1.54) is 16.0 Å². The summed E-state index contributed by atoms with van der Waals surface area (Å²) in [6, 6.07) is 8.39. The van der Waals surface area contributed by atoms with Crippen molar-refractivity contribution >= 4 is 23.2 Å². The molecule has 0 saturated carbocycles. The number of nitrogens with zero attached hydrogens (tertiary/aromatic N) is 3. The van der Waals surface area contributed by atoms with Gasteiger partial charge in [0.2, 0.25) is 5.91 Å². The third-order valence-corrected chi connectivity index (χ3v) is 5.56. The van der Waals surface area contributed by atoms with E-state index in [2.05, 4.69) is 38.8 Å². The Morgan fingerprint density at radius 3 is 2.85 bits per heavy atom. The van der Waals surface area contributed by atoms with Crippen LogP contribution in [0, 0.1) is 6.92 Å². The number of rotatable bonds is 6. The lowest BCUT2D eigenvalue weighted by Crippen LogP contribution is -2.38. The first-order chi connectivity index (χ1) is 13.2. The van der Waals surface area contributed by atoms with Crippen LogP contribution in [0.25, 0.3) is 0 Å². The average molecular weight is 386 g/mol. The van der Waals surface area contributed by atoms with Crippen molar-refractivity contribution in [2.24, 2.45) is 4.99 Å². The Hall–Kier alpha value is -2.41. The van der Waals surface area contributed by atoms with Gasteiger partial charge in [0.1, 0.15) is 5.01 Å². The largest absolute Gasteiger partial charge is 0.356 e. The molecule has 7 heteroatoms. The van der Waals surface area contributed by atoms with Crippen LogP contribution < -0.4 is 10.6 Å². The van der Waals surface area contributed by atoms with Gasteiger partial charge >= 0.3 is 0 Å². The van der Waals surface area contributed by atoms with Gasteiger partial charge in [-0.25, -0.2) is 4.98 Å². The Kier molecular flexibility index (Phi) is 6.81. The molecule has 0 bridgehead atoms. The van der Waals surface area contributed by atoms with Crippen molar-refractivity contribution in [1.29, 1.82) is 0 Å². The Labute approximate surface area is 164 Å². The molecule has 6 nitrogen and oxygen atoms in total. The first kappa shape index (κ1) is 19.4. The SMILES string of the molecule is CN=C(NCCCC(=O)N1CCc2ccccc2C1)NCc1ncc(C)s1. The minimum atomic E-state index is 0.229. The van der Waals surface area contributed by atoms with Gasteiger partial charge in [0.25, 0.3) is 0 Å². The Morgan fingerprint density at radius 1 is 1.30 bits per heavy atom. The minimum Gasteiger partial charge on any atom is -0.356 e. The molecule has 0 saturated heterocycles. The number of thiazole rings is 1. The van der Waals surface area contributed by atoms with Crippen LogP contribution in [0.5, 0.6) is 0 Å². The molecule has 2 heterocycles. The highest BCUT2D eigenvalue weighted by Crippen LogP contribution is 2.19. The monoisotopic (exact) mass is 385 g/mol. The number of benzene rings is 1. The number of amides is 1. The lowest BCUT2D eigenvalue weighted by Gasteiger charge is -2.29. The smallest absolute Gasteiger partial charge is 0.222 e. The van der Waals surface area contributed by atoms with E-state index in [1.54, 1.807) is 18.4 Å². The zero-order chi connectivity index (χ0) is 19.1. The summed E-state index contributed by atoms with van der Waals surface area (Å²) >= 11 is 1.68. The highest BCUT2D eigenvalue weighted by atomic mass is 32.1. The molecular formula is C20H27N5OS. The molecule has 0 atom stereocenters. The lowest BCUT2D eigenvalue weighted by atomic mass is 9.99. The Morgan fingerprint density at radius 2 is 2.11 bits per heavy atom. The van der Waals surface area contributed by atoms with E-state index in [4.69, 9.17) is 0 Å². The van der Waals surface area contributed by atoms with Gasteiger partial charge in [0.05, 0.1) is 6.54 Å². The maximum Gasteiger partial charge on any atom is 0.222 e. The van der Waals surface area contributed by atoms with Crippen molar-refractivity contribution in [3.8, 4) is 0 Å². The molecule has 0 unspecified atom stereocenters. The summed E-state index contributed by atoms with van der Waals surface area (Å²) in [5.41, 5.74) is 2.64. The van der Waals surface area contributed by atoms with Crippen molar-refractivity contribution in [3.05, 3.63) is 51.5 Å².